The van der Waals surface area contributed by atoms with Crippen molar-refractivity contribution in [3.05, 3.63) is 6.92 Å². The van der Waals surface area contributed by atoms with Gasteiger partial charge in [0.2, 0.25) is 0 Å². The third-order valence-electron chi connectivity index (χ3n) is 5.54. The van der Waals surface area contributed by atoms with Crippen molar-refractivity contribution in [2.24, 2.45) is 5.92 Å². The Kier molecular flexibility index (Phi) is 21.0. The summed E-state index contributed by atoms with van der Waals surface area (Å²) in [4.78, 5) is 0. The molecule has 0 rings (SSSR count). The lowest BCUT2D eigenvalue weighted by atomic mass is 9.90. The van der Waals surface area contributed by atoms with Gasteiger partial charge in [0.15, 0.2) is 0 Å². The highest BCUT2D eigenvalue weighted by Gasteiger charge is 2.08. The van der Waals surface area contributed by atoms with E-state index < -0.39 is 0 Å². The van der Waals surface area contributed by atoms with Crippen LogP contribution in [0.5, 0.6) is 0 Å². The summed E-state index contributed by atoms with van der Waals surface area (Å²) in [5.74, 6) is 1.00. The van der Waals surface area contributed by atoms with Gasteiger partial charge in [0, 0.05) is 0 Å². The van der Waals surface area contributed by atoms with Gasteiger partial charge < -0.3 is 0 Å². The van der Waals surface area contributed by atoms with Gasteiger partial charge in [-0.05, 0) is 5.92 Å². The minimum Gasteiger partial charge on any atom is -0.0654 e. The Morgan fingerprint density at radius 1 is 0.458 bits per heavy atom. The average Bonchev–Trinajstić information content (AvgIpc) is 2.60. The van der Waals surface area contributed by atoms with Crippen LogP contribution >= 0.6 is 0 Å². The summed E-state index contributed by atoms with van der Waals surface area (Å²) in [6.45, 7) is 8.65. The first-order chi connectivity index (χ1) is 11.8. The molecule has 0 saturated heterocycles. The molecule has 0 heterocycles. The predicted octanol–water partition coefficient (Wildman–Crippen LogP) is 9.28. The number of rotatable bonds is 20. The van der Waals surface area contributed by atoms with E-state index in [4.69, 9.17) is 0 Å². The van der Waals surface area contributed by atoms with E-state index in [2.05, 4.69) is 20.8 Å². The maximum absolute atomic E-state index is 4.04. The Balaban J connectivity index is 3.55. The van der Waals surface area contributed by atoms with E-state index in [1.807, 2.05) is 0 Å². The summed E-state index contributed by atoms with van der Waals surface area (Å²) in [6, 6.07) is 0. The summed E-state index contributed by atoms with van der Waals surface area (Å²) in [7, 11) is 0. The lowest BCUT2D eigenvalue weighted by molar-refractivity contribution is 0.372. The lowest BCUT2D eigenvalue weighted by Crippen LogP contribution is -2.01. The molecule has 0 heteroatoms. The maximum atomic E-state index is 4.04. The van der Waals surface area contributed by atoms with Crippen LogP contribution in [0.15, 0.2) is 0 Å². The summed E-state index contributed by atoms with van der Waals surface area (Å²) in [5, 5.41) is 0. The van der Waals surface area contributed by atoms with Gasteiger partial charge in [0.1, 0.15) is 0 Å². The van der Waals surface area contributed by atoms with Crippen LogP contribution in [0, 0.1) is 12.8 Å². The summed E-state index contributed by atoms with van der Waals surface area (Å²) >= 11 is 0. The fourth-order valence-electron chi connectivity index (χ4n) is 3.82. The number of hydrogen-bond acceptors (Lipinski definition) is 0. The van der Waals surface area contributed by atoms with Crippen LogP contribution in [0.3, 0.4) is 0 Å². The lowest BCUT2D eigenvalue weighted by Gasteiger charge is -2.16. The average molecular weight is 338 g/mol. The smallest absolute Gasteiger partial charge is 0.0414 e. The zero-order valence-electron chi connectivity index (χ0n) is 17.4. The van der Waals surface area contributed by atoms with E-state index in [0.29, 0.717) is 0 Å². The first kappa shape index (κ1) is 24.0. The Bertz CT molecular complexity index is 208. The molecule has 1 radical (unpaired) electrons. The van der Waals surface area contributed by atoms with Crippen LogP contribution in [0.25, 0.3) is 0 Å². The molecule has 0 saturated carbocycles. The zero-order valence-corrected chi connectivity index (χ0v) is 17.4. The highest BCUT2D eigenvalue weighted by Crippen LogP contribution is 2.24. The second-order valence-corrected chi connectivity index (χ2v) is 8.04. The Morgan fingerprint density at radius 3 is 1.17 bits per heavy atom. The molecule has 0 bridgehead atoms. The molecule has 0 aromatic heterocycles. The van der Waals surface area contributed by atoms with Crippen LogP contribution in [-0.4, -0.2) is 0 Å². The van der Waals surface area contributed by atoms with E-state index in [1.165, 1.54) is 122 Å². The van der Waals surface area contributed by atoms with Crippen molar-refractivity contribution in [1.82, 2.24) is 0 Å². The highest BCUT2D eigenvalue weighted by molar-refractivity contribution is 4.62. The minimum atomic E-state index is 1.00. The SMILES string of the molecule is [CH2]CCCC(CCCCCCCCC)CCCCCCCCCC. The summed E-state index contributed by atoms with van der Waals surface area (Å²) in [5.41, 5.74) is 0. The van der Waals surface area contributed by atoms with Crippen molar-refractivity contribution in [1.29, 1.82) is 0 Å². The molecule has 0 amide bonds. The quantitative estimate of drug-likeness (QED) is 0.194. The van der Waals surface area contributed by atoms with Crippen molar-refractivity contribution in [2.75, 3.05) is 0 Å². The standard InChI is InChI=1S/C24H49/c1-4-7-10-12-14-16-18-20-23-24(21-9-6-3)22-19-17-15-13-11-8-5-2/h24H,3-23H2,1-2H3. The van der Waals surface area contributed by atoms with Gasteiger partial charge in [-0.15, -0.1) is 0 Å². The maximum Gasteiger partial charge on any atom is -0.0414 e. The normalized spacial score (nSPS) is 12.6. The molecule has 24 heavy (non-hydrogen) atoms. The monoisotopic (exact) mass is 337 g/mol. The Hall–Kier alpha value is 0. The van der Waals surface area contributed by atoms with E-state index in [9.17, 15) is 0 Å². The predicted molar refractivity (Wildman–Crippen MR) is 113 cm³/mol. The molecule has 0 aliphatic heterocycles. The topological polar surface area (TPSA) is 0 Å². The zero-order chi connectivity index (χ0) is 17.7. The molecule has 0 fully saturated rings. The third kappa shape index (κ3) is 18.3. The van der Waals surface area contributed by atoms with Gasteiger partial charge in [-0.3, -0.25) is 0 Å². The molecule has 1 atom stereocenters. The molecule has 0 aromatic rings. The molecule has 0 N–H and O–H groups in total. The number of unbranched alkanes of at least 4 members (excludes halogenated alkanes) is 14. The fourth-order valence-corrected chi connectivity index (χ4v) is 3.82. The highest BCUT2D eigenvalue weighted by atomic mass is 14.1. The van der Waals surface area contributed by atoms with Crippen LogP contribution in [0.4, 0.5) is 0 Å². The second-order valence-electron chi connectivity index (χ2n) is 8.04. The van der Waals surface area contributed by atoms with Crippen LogP contribution in [-0.2, 0) is 0 Å². The Labute approximate surface area is 155 Å². The minimum absolute atomic E-state index is 1.00. The van der Waals surface area contributed by atoms with E-state index >= 15 is 0 Å². The van der Waals surface area contributed by atoms with Crippen LogP contribution in [0.2, 0.25) is 0 Å². The van der Waals surface area contributed by atoms with Crippen molar-refractivity contribution < 1.29 is 0 Å². The first-order valence-electron chi connectivity index (χ1n) is 11.6. The molecular formula is C24H49. The van der Waals surface area contributed by atoms with E-state index in [0.717, 1.165) is 12.3 Å². The fraction of sp³-hybridized carbons (Fsp3) is 0.958. The second kappa shape index (κ2) is 21.0. The van der Waals surface area contributed by atoms with Crippen LogP contribution in [0.1, 0.15) is 142 Å². The van der Waals surface area contributed by atoms with Crippen molar-refractivity contribution in [3.8, 4) is 0 Å². The molecule has 1 unspecified atom stereocenters. The molecule has 0 aliphatic carbocycles. The third-order valence-corrected chi connectivity index (χ3v) is 5.54. The Morgan fingerprint density at radius 2 is 0.792 bits per heavy atom. The number of hydrogen-bond donors (Lipinski definition) is 0. The van der Waals surface area contributed by atoms with Gasteiger partial charge in [0.25, 0.3) is 0 Å². The van der Waals surface area contributed by atoms with Crippen molar-refractivity contribution in [2.45, 2.75) is 142 Å². The first-order valence-corrected chi connectivity index (χ1v) is 11.6. The largest absolute Gasteiger partial charge is 0.0654 e. The van der Waals surface area contributed by atoms with Gasteiger partial charge in [-0.25, -0.2) is 0 Å². The van der Waals surface area contributed by atoms with Crippen molar-refractivity contribution >= 4 is 0 Å². The molecule has 0 aromatic carbocycles. The molecule has 145 valence electrons. The molecule has 0 nitrogen and oxygen atoms in total. The molecular weight excluding hydrogens is 288 g/mol. The van der Waals surface area contributed by atoms with Crippen molar-refractivity contribution in [3.63, 3.8) is 0 Å². The van der Waals surface area contributed by atoms with Gasteiger partial charge in [-0.1, -0.05) is 149 Å². The summed E-state index contributed by atoms with van der Waals surface area (Å²) < 4.78 is 0. The van der Waals surface area contributed by atoms with E-state index in [-0.39, 0.29) is 0 Å². The van der Waals surface area contributed by atoms with Gasteiger partial charge in [-0.2, -0.15) is 0 Å². The van der Waals surface area contributed by atoms with Gasteiger partial charge in [0.05, 0.1) is 0 Å². The molecule has 0 aliphatic rings. The summed E-state index contributed by atoms with van der Waals surface area (Å²) in [6.07, 6.45) is 28.7. The van der Waals surface area contributed by atoms with Crippen LogP contribution < -0.4 is 0 Å². The van der Waals surface area contributed by atoms with Gasteiger partial charge >= 0.3 is 0 Å². The van der Waals surface area contributed by atoms with E-state index in [1.54, 1.807) is 0 Å². The molecule has 0 spiro atoms.